The lowest BCUT2D eigenvalue weighted by molar-refractivity contribution is -0.0550. The van der Waals surface area contributed by atoms with E-state index >= 15 is 0 Å². The molecule has 1 aromatic carbocycles. The normalized spacial score (nSPS) is 16.1. The Labute approximate surface area is 125 Å². The van der Waals surface area contributed by atoms with E-state index in [-0.39, 0.29) is 11.6 Å². The highest BCUT2D eigenvalue weighted by molar-refractivity contribution is 6.42. The Bertz CT molecular complexity index is 414. The summed E-state index contributed by atoms with van der Waals surface area (Å²) in [5, 5.41) is 1.14. The second-order valence-corrected chi connectivity index (χ2v) is 5.52. The van der Waals surface area contributed by atoms with E-state index in [4.69, 9.17) is 33.8 Å². The molecule has 3 nitrogen and oxygen atoms in total. The van der Waals surface area contributed by atoms with Gasteiger partial charge in [0.05, 0.1) is 21.7 Å². The van der Waals surface area contributed by atoms with Crippen LogP contribution in [0.5, 0.6) is 0 Å². The Morgan fingerprint density at radius 3 is 2.58 bits per heavy atom. The largest absolute Gasteiger partial charge is 0.374 e. The highest BCUT2D eigenvalue weighted by Gasteiger charge is 2.33. The Morgan fingerprint density at radius 1 is 1.37 bits per heavy atom. The van der Waals surface area contributed by atoms with Crippen LogP contribution in [0.1, 0.15) is 32.8 Å². The number of halogens is 2. The Morgan fingerprint density at radius 2 is 2.05 bits per heavy atom. The van der Waals surface area contributed by atoms with Crippen LogP contribution in [0.15, 0.2) is 18.2 Å². The molecule has 0 aliphatic carbocycles. The number of rotatable bonds is 7. The van der Waals surface area contributed by atoms with Gasteiger partial charge in [-0.3, -0.25) is 11.3 Å². The molecular weight excluding hydrogens is 283 g/mol. The smallest absolute Gasteiger partial charge is 0.0820 e. The van der Waals surface area contributed by atoms with Crippen molar-refractivity contribution in [3.63, 3.8) is 0 Å². The molecule has 5 heteroatoms. The molecule has 0 saturated carbocycles. The molecule has 0 saturated heterocycles. The van der Waals surface area contributed by atoms with Gasteiger partial charge in [-0.15, -0.1) is 0 Å². The lowest BCUT2D eigenvalue weighted by atomic mass is 9.88. The molecule has 108 valence electrons. The average molecular weight is 305 g/mol. The number of hydrogen-bond acceptors (Lipinski definition) is 3. The van der Waals surface area contributed by atoms with Gasteiger partial charge in [0.1, 0.15) is 0 Å². The molecule has 0 fully saturated rings. The number of benzene rings is 1. The zero-order valence-electron chi connectivity index (χ0n) is 11.7. The highest BCUT2D eigenvalue weighted by Crippen LogP contribution is 2.29. The van der Waals surface area contributed by atoms with Crippen molar-refractivity contribution in [3.05, 3.63) is 33.8 Å². The number of ether oxygens (including phenoxy) is 1. The van der Waals surface area contributed by atoms with Crippen LogP contribution in [0.4, 0.5) is 0 Å². The molecule has 0 heterocycles. The van der Waals surface area contributed by atoms with Gasteiger partial charge < -0.3 is 4.74 Å². The maximum absolute atomic E-state index is 6.22. The molecule has 19 heavy (non-hydrogen) atoms. The average Bonchev–Trinajstić information content (AvgIpc) is 2.40. The minimum Gasteiger partial charge on any atom is -0.374 e. The van der Waals surface area contributed by atoms with E-state index in [9.17, 15) is 0 Å². The summed E-state index contributed by atoms with van der Waals surface area (Å²) in [7, 11) is 0. The van der Waals surface area contributed by atoms with Crippen LogP contribution >= 0.6 is 23.2 Å². The zero-order chi connectivity index (χ0) is 14.5. The summed E-state index contributed by atoms with van der Waals surface area (Å²) < 4.78 is 5.86. The molecule has 1 rings (SSSR count). The summed E-state index contributed by atoms with van der Waals surface area (Å²) in [5.74, 6) is 5.69. The SMILES string of the molecule is CCOC(C)(CC)C(Cc1cccc(Cl)c1Cl)NN. The van der Waals surface area contributed by atoms with Crippen LogP contribution in [0.25, 0.3) is 0 Å². The van der Waals surface area contributed by atoms with E-state index in [2.05, 4.69) is 19.3 Å². The van der Waals surface area contributed by atoms with Crippen molar-refractivity contribution in [2.24, 2.45) is 5.84 Å². The van der Waals surface area contributed by atoms with Gasteiger partial charge in [0, 0.05) is 6.61 Å². The predicted octanol–water partition coefficient (Wildman–Crippen LogP) is 3.57. The number of nitrogens with one attached hydrogen (secondary N) is 1. The zero-order valence-corrected chi connectivity index (χ0v) is 13.2. The number of nitrogens with two attached hydrogens (primary N) is 1. The highest BCUT2D eigenvalue weighted by atomic mass is 35.5. The van der Waals surface area contributed by atoms with Crippen LogP contribution in [0, 0.1) is 0 Å². The quantitative estimate of drug-likeness (QED) is 0.598. The third-order valence-corrected chi connectivity index (χ3v) is 4.43. The monoisotopic (exact) mass is 304 g/mol. The third kappa shape index (κ3) is 4.07. The van der Waals surface area contributed by atoms with E-state index in [1.54, 1.807) is 6.07 Å². The molecular formula is C14H22Cl2N2O. The summed E-state index contributed by atoms with van der Waals surface area (Å²) >= 11 is 12.3. The molecule has 0 spiro atoms. The van der Waals surface area contributed by atoms with Crippen molar-refractivity contribution < 1.29 is 4.74 Å². The second-order valence-electron chi connectivity index (χ2n) is 4.74. The van der Waals surface area contributed by atoms with E-state index in [1.807, 2.05) is 19.1 Å². The molecule has 0 aliphatic heterocycles. The van der Waals surface area contributed by atoms with Gasteiger partial charge in [0.2, 0.25) is 0 Å². The standard InChI is InChI=1S/C14H22Cl2N2O/c1-4-14(3,19-5-2)12(18-17)9-10-7-6-8-11(15)13(10)16/h6-8,12,18H,4-5,9,17H2,1-3H3. The fourth-order valence-electron chi connectivity index (χ4n) is 2.16. The molecule has 0 amide bonds. The van der Waals surface area contributed by atoms with Crippen molar-refractivity contribution >= 4 is 23.2 Å². The van der Waals surface area contributed by atoms with Gasteiger partial charge in [0.25, 0.3) is 0 Å². The summed E-state index contributed by atoms with van der Waals surface area (Å²) in [6.07, 6.45) is 1.52. The first-order valence-corrected chi connectivity index (χ1v) is 7.27. The van der Waals surface area contributed by atoms with E-state index in [0.29, 0.717) is 23.1 Å². The van der Waals surface area contributed by atoms with Gasteiger partial charge >= 0.3 is 0 Å². The van der Waals surface area contributed by atoms with Crippen LogP contribution < -0.4 is 11.3 Å². The van der Waals surface area contributed by atoms with Gasteiger partial charge in [-0.1, -0.05) is 42.3 Å². The van der Waals surface area contributed by atoms with Crippen molar-refractivity contribution in [1.29, 1.82) is 0 Å². The number of hydrazine groups is 1. The number of hydrogen-bond donors (Lipinski definition) is 2. The van der Waals surface area contributed by atoms with Gasteiger partial charge in [-0.25, -0.2) is 0 Å². The lowest BCUT2D eigenvalue weighted by Crippen LogP contribution is -2.54. The van der Waals surface area contributed by atoms with Crippen LogP contribution in [0.3, 0.4) is 0 Å². The minimum absolute atomic E-state index is 0.0339. The molecule has 3 N–H and O–H groups in total. The van der Waals surface area contributed by atoms with E-state index in [1.165, 1.54) is 0 Å². The van der Waals surface area contributed by atoms with Crippen molar-refractivity contribution in [2.75, 3.05) is 6.61 Å². The van der Waals surface area contributed by atoms with Gasteiger partial charge in [-0.2, -0.15) is 0 Å². The molecule has 1 aromatic rings. The maximum Gasteiger partial charge on any atom is 0.0820 e. The third-order valence-electron chi connectivity index (χ3n) is 3.57. The fraction of sp³-hybridized carbons (Fsp3) is 0.571. The first kappa shape index (κ1) is 16.7. The molecule has 0 bridgehead atoms. The second kappa shape index (κ2) is 7.46. The first-order valence-electron chi connectivity index (χ1n) is 6.51. The summed E-state index contributed by atoms with van der Waals surface area (Å²) in [6.45, 7) is 6.76. The van der Waals surface area contributed by atoms with E-state index in [0.717, 1.165) is 12.0 Å². The van der Waals surface area contributed by atoms with Crippen molar-refractivity contribution in [2.45, 2.75) is 45.3 Å². The lowest BCUT2D eigenvalue weighted by Gasteiger charge is -2.36. The van der Waals surface area contributed by atoms with E-state index < -0.39 is 0 Å². The topological polar surface area (TPSA) is 47.3 Å². The summed E-state index contributed by atoms with van der Waals surface area (Å²) in [6, 6.07) is 5.59. The van der Waals surface area contributed by atoms with Crippen LogP contribution in [-0.4, -0.2) is 18.2 Å². The minimum atomic E-state index is -0.338. The Hall–Kier alpha value is -0.320. The molecule has 2 unspecified atom stereocenters. The molecule has 0 aliphatic rings. The summed E-state index contributed by atoms with van der Waals surface area (Å²) in [4.78, 5) is 0. The predicted molar refractivity (Wildman–Crippen MR) is 81.6 cm³/mol. The summed E-state index contributed by atoms with van der Waals surface area (Å²) in [5.41, 5.74) is 3.48. The molecule has 0 radical (unpaired) electrons. The maximum atomic E-state index is 6.22. The van der Waals surface area contributed by atoms with Crippen LogP contribution in [-0.2, 0) is 11.2 Å². The Kier molecular flexibility index (Phi) is 6.57. The fourth-order valence-corrected chi connectivity index (χ4v) is 2.55. The Balaban J connectivity index is 2.95. The molecule has 2 atom stereocenters. The van der Waals surface area contributed by atoms with Gasteiger partial charge in [0.15, 0.2) is 0 Å². The van der Waals surface area contributed by atoms with Gasteiger partial charge in [-0.05, 0) is 38.3 Å². The van der Waals surface area contributed by atoms with Crippen molar-refractivity contribution in [1.82, 2.24) is 5.43 Å². The van der Waals surface area contributed by atoms with Crippen molar-refractivity contribution in [3.8, 4) is 0 Å². The molecule has 0 aromatic heterocycles. The van der Waals surface area contributed by atoms with Crippen LogP contribution in [0.2, 0.25) is 10.0 Å². The first-order chi connectivity index (χ1) is 8.98.